The van der Waals surface area contributed by atoms with E-state index >= 15 is 0 Å². The van der Waals surface area contributed by atoms with Crippen LogP contribution in [0.25, 0.3) is 0 Å². The molecule has 0 spiro atoms. The van der Waals surface area contributed by atoms with Crippen LogP contribution in [-0.4, -0.2) is 5.38 Å². The lowest BCUT2D eigenvalue weighted by molar-refractivity contribution is 0.257. The Kier molecular flexibility index (Phi) is 5.77. The zero-order chi connectivity index (χ0) is 15.5. The maximum Gasteiger partial charge on any atom is 0.0367 e. The van der Waals surface area contributed by atoms with Crippen LogP contribution in [0.1, 0.15) is 70.9 Å². The van der Waals surface area contributed by atoms with Crippen LogP contribution in [0, 0.1) is 11.8 Å². The third-order valence-corrected chi connectivity index (χ3v) is 5.59. The highest BCUT2D eigenvalue weighted by Crippen LogP contribution is 2.37. The van der Waals surface area contributed by atoms with E-state index < -0.39 is 0 Å². The van der Waals surface area contributed by atoms with E-state index in [0.29, 0.717) is 11.3 Å². The number of rotatable bonds is 4. The van der Waals surface area contributed by atoms with Crippen LogP contribution in [0.2, 0.25) is 0 Å². The second kappa shape index (κ2) is 7.18. The van der Waals surface area contributed by atoms with Gasteiger partial charge in [0.05, 0.1) is 0 Å². The van der Waals surface area contributed by atoms with Gasteiger partial charge in [-0.15, -0.1) is 11.6 Å². The van der Waals surface area contributed by atoms with Gasteiger partial charge >= 0.3 is 0 Å². The standard InChI is InChI=1S/C20H31Cl/c1-5-6-15-9-12-19(21)17(13-15)14-16-7-10-18(11-8-16)20(2,3)4/h7-8,10-11,15,17,19H,5-6,9,12-14H2,1-4H3. The van der Waals surface area contributed by atoms with Crippen molar-refractivity contribution in [3.05, 3.63) is 35.4 Å². The van der Waals surface area contributed by atoms with E-state index in [-0.39, 0.29) is 5.41 Å². The Morgan fingerprint density at radius 2 is 1.76 bits per heavy atom. The summed E-state index contributed by atoms with van der Waals surface area (Å²) in [4.78, 5) is 0. The first-order valence-electron chi connectivity index (χ1n) is 8.63. The second-order valence-corrected chi connectivity index (χ2v) is 8.46. The summed E-state index contributed by atoms with van der Waals surface area (Å²) >= 11 is 6.60. The Hall–Kier alpha value is -0.490. The number of halogens is 1. The van der Waals surface area contributed by atoms with E-state index in [4.69, 9.17) is 11.6 Å². The third kappa shape index (κ3) is 4.74. The van der Waals surface area contributed by atoms with Crippen molar-refractivity contribution in [3.63, 3.8) is 0 Å². The molecule has 1 aliphatic carbocycles. The van der Waals surface area contributed by atoms with Crippen molar-refractivity contribution in [3.8, 4) is 0 Å². The second-order valence-electron chi connectivity index (χ2n) is 7.89. The number of hydrogen-bond acceptors (Lipinski definition) is 0. The van der Waals surface area contributed by atoms with E-state index in [2.05, 4.69) is 52.0 Å². The molecule has 0 radical (unpaired) electrons. The molecule has 1 fully saturated rings. The summed E-state index contributed by atoms with van der Waals surface area (Å²) in [5, 5.41) is 0.375. The van der Waals surface area contributed by atoms with E-state index in [1.165, 1.54) is 43.2 Å². The topological polar surface area (TPSA) is 0 Å². The van der Waals surface area contributed by atoms with E-state index in [1.54, 1.807) is 0 Å². The zero-order valence-electron chi connectivity index (χ0n) is 14.2. The number of alkyl halides is 1. The van der Waals surface area contributed by atoms with Crippen molar-refractivity contribution in [1.82, 2.24) is 0 Å². The Balaban J connectivity index is 1.99. The Bertz CT molecular complexity index is 426. The summed E-state index contributed by atoms with van der Waals surface area (Å²) < 4.78 is 0. The molecule has 0 aliphatic heterocycles. The highest BCUT2D eigenvalue weighted by Gasteiger charge is 2.28. The minimum atomic E-state index is 0.241. The van der Waals surface area contributed by atoms with Gasteiger partial charge in [-0.2, -0.15) is 0 Å². The number of hydrogen-bond donors (Lipinski definition) is 0. The Labute approximate surface area is 136 Å². The molecule has 1 aromatic carbocycles. The fraction of sp³-hybridized carbons (Fsp3) is 0.700. The fourth-order valence-corrected chi connectivity index (χ4v) is 3.97. The van der Waals surface area contributed by atoms with Gasteiger partial charge in [-0.1, -0.05) is 64.8 Å². The summed E-state index contributed by atoms with van der Waals surface area (Å²) in [7, 11) is 0. The van der Waals surface area contributed by atoms with Gasteiger partial charge in [0.15, 0.2) is 0 Å². The van der Waals surface area contributed by atoms with Crippen molar-refractivity contribution >= 4 is 11.6 Å². The summed E-state index contributed by atoms with van der Waals surface area (Å²) in [6.45, 7) is 9.11. The monoisotopic (exact) mass is 306 g/mol. The first kappa shape index (κ1) is 16.9. The number of benzene rings is 1. The SMILES string of the molecule is CCCC1CCC(Cl)C(Cc2ccc(C(C)(C)C)cc2)C1. The first-order valence-corrected chi connectivity index (χ1v) is 9.07. The maximum atomic E-state index is 6.60. The van der Waals surface area contributed by atoms with Gasteiger partial charge < -0.3 is 0 Å². The van der Waals surface area contributed by atoms with Crippen molar-refractivity contribution in [2.45, 2.75) is 77.0 Å². The molecule has 1 aromatic rings. The van der Waals surface area contributed by atoms with Gasteiger partial charge in [0, 0.05) is 5.38 Å². The third-order valence-electron chi connectivity index (χ3n) is 5.01. The molecule has 0 N–H and O–H groups in total. The lowest BCUT2D eigenvalue weighted by atomic mass is 9.76. The van der Waals surface area contributed by atoms with E-state index in [1.807, 2.05) is 0 Å². The molecule has 1 heteroatoms. The molecule has 21 heavy (non-hydrogen) atoms. The van der Waals surface area contributed by atoms with Crippen LogP contribution in [0.5, 0.6) is 0 Å². The predicted octanol–water partition coefficient (Wildman–Crippen LogP) is 6.35. The molecule has 1 aliphatic rings. The molecule has 3 atom stereocenters. The van der Waals surface area contributed by atoms with E-state index in [9.17, 15) is 0 Å². The summed E-state index contributed by atoms with van der Waals surface area (Å²) in [6, 6.07) is 9.22. The minimum absolute atomic E-state index is 0.241. The highest BCUT2D eigenvalue weighted by atomic mass is 35.5. The molecule has 3 unspecified atom stereocenters. The van der Waals surface area contributed by atoms with Crippen LogP contribution < -0.4 is 0 Å². The van der Waals surface area contributed by atoms with Crippen molar-refractivity contribution in [2.24, 2.45) is 11.8 Å². The predicted molar refractivity (Wildman–Crippen MR) is 94.2 cm³/mol. The lowest BCUT2D eigenvalue weighted by Crippen LogP contribution is -2.27. The Morgan fingerprint density at radius 3 is 2.33 bits per heavy atom. The van der Waals surface area contributed by atoms with Crippen LogP contribution in [0.15, 0.2) is 24.3 Å². The van der Waals surface area contributed by atoms with Gasteiger partial charge in [-0.25, -0.2) is 0 Å². The summed E-state index contributed by atoms with van der Waals surface area (Å²) in [5.41, 5.74) is 3.11. The lowest BCUT2D eigenvalue weighted by Gasteiger charge is -2.33. The first-order chi connectivity index (χ1) is 9.90. The van der Waals surface area contributed by atoms with Crippen molar-refractivity contribution in [2.75, 3.05) is 0 Å². The van der Waals surface area contributed by atoms with Crippen LogP contribution in [-0.2, 0) is 11.8 Å². The minimum Gasteiger partial charge on any atom is -0.123 e. The van der Waals surface area contributed by atoms with Gasteiger partial charge in [0.1, 0.15) is 0 Å². The molecular formula is C20H31Cl. The molecule has 1 saturated carbocycles. The maximum absolute atomic E-state index is 6.60. The molecule has 0 heterocycles. The van der Waals surface area contributed by atoms with Crippen molar-refractivity contribution in [1.29, 1.82) is 0 Å². The van der Waals surface area contributed by atoms with Crippen molar-refractivity contribution < 1.29 is 0 Å². The molecule has 0 aromatic heterocycles. The molecule has 2 rings (SSSR count). The molecule has 0 bridgehead atoms. The fourth-order valence-electron chi connectivity index (χ4n) is 3.65. The quantitative estimate of drug-likeness (QED) is 0.568. The van der Waals surface area contributed by atoms with Crippen LogP contribution in [0.4, 0.5) is 0 Å². The molecule has 0 saturated heterocycles. The normalized spacial score (nSPS) is 26.8. The average molecular weight is 307 g/mol. The largest absolute Gasteiger partial charge is 0.123 e. The molecule has 0 amide bonds. The zero-order valence-corrected chi connectivity index (χ0v) is 14.9. The molecule has 118 valence electrons. The van der Waals surface area contributed by atoms with E-state index in [0.717, 1.165) is 12.3 Å². The Morgan fingerprint density at radius 1 is 1.10 bits per heavy atom. The van der Waals surface area contributed by atoms with Gasteiger partial charge in [-0.05, 0) is 54.1 Å². The average Bonchev–Trinajstić information content (AvgIpc) is 2.42. The van der Waals surface area contributed by atoms with Crippen LogP contribution in [0.3, 0.4) is 0 Å². The smallest absolute Gasteiger partial charge is 0.0367 e. The highest BCUT2D eigenvalue weighted by molar-refractivity contribution is 6.20. The van der Waals surface area contributed by atoms with Gasteiger partial charge in [-0.3, -0.25) is 0 Å². The van der Waals surface area contributed by atoms with Gasteiger partial charge in [0.25, 0.3) is 0 Å². The summed E-state index contributed by atoms with van der Waals surface area (Å²) in [6.07, 6.45) is 7.70. The van der Waals surface area contributed by atoms with Gasteiger partial charge in [0.2, 0.25) is 0 Å². The molecular weight excluding hydrogens is 276 g/mol. The molecule has 0 nitrogen and oxygen atoms in total. The summed E-state index contributed by atoms with van der Waals surface area (Å²) in [5.74, 6) is 1.57. The van der Waals surface area contributed by atoms with Crippen LogP contribution >= 0.6 is 11.6 Å².